The summed E-state index contributed by atoms with van der Waals surface area (Å²) in [7, 11) is 3.30. The highest BCUT2D eigenvalue weighted by atomic mass is 16.5. The van der Waals surface area contributed by atoms with E-state index in [0.717, 1.165) is 37.6 Å². The number of benzene rings is 1. The number of hydrogen-bond donors (Lipinski definition) is 1. The Bertz CT molecular complexity index is 420. The van der Waals surface area contributed by atoms with Crippen molar-refractivity contribution in [2.24, 2.45) is 0 Å². The Kier molecular flexibility index (Phi) is 4.09. The zero-order chi connectivity index (χ0) is 13.1. The van der Waals surface area contributed by atoms with Crippen LogP contribution in [0.25, 0.3) is 0 Å². The summed E-state index contributed by atoms with van der Waals surface area (Å²) in [6.07, 6.45) is 0.692. The molecule has 1 heterocycles. The summed E-state index contributed by atoms with van der Waals surface area (Å²) in [6, 6.07) is 4.03. The number of likely N-dealkylation sites (tertiary alicyclic amines) is 1. The molecule has 1 aliphatic heterocycles. The maximum atomic E-state index is 9.54. The lowest BCUT2D eigenvalue weighted by Crippen LogP contribution is -2.22. The number of rotatable bonds is 4. The van der Waals surface area contributed by atoms with E-state index in [1.54, 1.807) is 14.2 Å². The molecular formula is C14H21NO3. The van der Waals surface area contributed by atoms with Gasteiger partial charge in [-0.05, 0) is 36.6 Å². The van der Waals surface area contributed by atoms with Gasteiger partial charge < -0.3 is 14.6 Å². The molecule has 0 aromatic heterocycles. The van der Waals surface area contributed by atoms with Crippen molar-refractivity contribution in [1.82, 2.24) is 4.90 Å². The van der Waals surface area contributed by atoms with Gasteiger partial charge in [-0.3, -0.25) is 4.90 Å². The molecular weight excluding hydrogens is 230 g/mol. The van der Waals surface area contributed by atoms with Gasteiger partial charge in [-0.25, -0.2) is 0 Å². The first-order chi connectivity index (χ1) is 8.63. The normalized spacial score (nSPS) is 20.1. The first-order valence-electron chi connectivity index (χ1n) is 6.26. The van der Waals surface area contributed by atoms with Gasteiger partial charge in [-0.1, -0.05) is 0 Å². The van der Waals surface area contributed by atoms with E-state index in [9.17, 15) is 5.11 Å². The lowest BCUT2D eigenvalue weighted by atomic mass is 10.1. The molecule has 4 nitrogen and oxygen atoms in total. The zero-order valence-corrected chi connectivity index (χ0v) is 11.3. The van der Waals surface area contributed by atoms with Crippen molar-refractivity contribution in [3.8, 4) is 11.5 Å². The predicted molar refractivity (Wildman–Crippen MR) is 70.2 cm³/mol. The van der Waals surface area contributed by atoms with Gasteiger partial charge in [-0.2, -0.15) is 0 Å². The van der Waals surface area contributed by atoms with Crippen LogP contribution in [0.1, 0.15) is 17.5 Å². The second kappa shape index (κ2) is 5.59. The fraction of sp³-hybridized carbons (Fsp3) is 0.571. The van der Waals surface area contributed by atoms with Crippen LogP contribution in [0.5, 0.6) is 11.5 Å². The topological polar surface area (TPSA) is 41.9 Å². The molecule has 0 saturated carbocycles. The van der Waals surface area contributed by atoms with Gasteiger partial charge in [-0.15, -0.1) is 0 Å². The van der Waals surface area contributed by atoms with Crippen LogP contribution in [-0.2, 0) is 6.54 Å². The molecule has 0 spiro atoms. The summed E-state index contributed by atoms with van der Waals surface area (Å²) < 4.78 is 10.6. The Hall–Kier alpha value is -1.26. The minimum absolute atomic E-state index is 0.176. The van der Waals surface area contributed by atoms with Crippen LogP contribution in [-0.4, -0.2) is 43.4 Å². The third-order valence-corrected chi connectivity index (χ3v) is 3.48. The number of aliphatic hydroxyl groups excluding tert-OH is 1. The highest BCUT2D eigenvalue weighted by Gasteiger charge is 2.21. The Balaban J connectivity index is 2.17. The molecule has 0 bridgehead atoms. The van der Waals surface area contributed by atoms with Crippen molar-refractivity contribution in [3.05, 3.63) is 23.3 Å². The monoisotopic (exact) mass is 251 g/mol. The number of hydrogen-bond acceptors (Lipinski definition) is 4. The summed E-state index contributed by atoms with van der Waals surface area (Å²) in [6.45, 7) is 4.63. The second-order valence-electron chi connectivity index (χ2n) is 4.81. The number of nitrogens with zero attached hydrogens (tertiary/aromatic N) is 1. The highest BCUT2D eigenvalue weighted by Crippen LogP contribution is 2.31. The van der Waals surface area contributed by atoms with Gasteiger partial charge in [0, 0.05) is 19.6 Å². The molecule has 100 valence electrons. The molecule has 1 aliphatic rings. The Morgan fingerprint density at radius 3 is 2.50 bits per heavy atom. The van der Waals surface area contributed by atoms with E-state index in [0.29, 0.717) is 0 Å². The minimum atomic E-state index is -0.176. The van der Waals surface area contributed by atoms with Crippen LogP contribution in [0, 0.1) is 6.92 Å². The van der Waals surface area contributed by atoms with Crippen LogP contribution in [0.2, 0.25) is 0 Å². The van der Waals surface area contributed by atoms with Gasteiger partial charge in [0.2, 0.25) is 0 Å². The molecule has 4 heteroatoms. The van der Waals surface area contributed by atoms with Crippen molar-refractivity contribution in [2.75, 3.05) is 27.3 Å². The maximum absolute atomic E-state index is 9.54. The van der Waals surface area contributed by atoms with Crippen LogP contribution in [0.15, 0.2) is 12.1 Å². The van der Waals surface area contributed by atoms with E-state index < -0.39 is 0 Å². The van der Waals surface area contributed by atoms with Crippen LogP contribution in [0.4, 0.5) is 0 Å². The van der Waals surface area contributed by atoms with E-state index in [2.05, 4.69) is 11.8 Å². The lowest BCUT2D eigenvalue weighted by molar-refractivity contribution is 0.174. The molecule has 1 unspecified atom stereocenters. The zero-order valence-electron chi connectivity index (χ0n) is 11.3. The number of aliphatic hydroxyl groups is 1. The Morgan fingerprint density at radius 2 is 1.94 bits per heavy atom. The predicted octanol–water partition coefficient (Wildman–Crippen LogP) is 1.58. The van der Waals surface area contributed by atoms with Crippen molar-refractivity contribution in [1.29, 1.82) is 0 Å². The number of methoxy groups -OCH3 is 2. The third kappa shape index (κ3) is 2.76. The Labute approximate surface area is 108 Å². The van der Waals surface area contributed by atoms with Gasteiger partial charge in [0.15, 0.2) is 11.5 Å². The summed E-state index contributed by atoms with van der Waals surface area (Å²) in [5.41, 5.74) is 2.41. The molecule has 18 heavy (non-hydrogen) atoms. The van der Waals surface area contributed by atoms with Crippen molar-refractivity contribution in [2.45, 2.75) is 26.0 Å². The molecule has 1 saturated heterocycles. The van der Waals surface area contributed by atoms with Crippen molar-refractivity contribution < 1.29 is 14.6 Å². The van der Waals surface area contributed by atoms with E-state index in [1.165, 1.54) is 11.1 Å². The SMILES string of the molecule is COc1cc(C)c(CN2CCC(O)C2)cc1OC. The lowest BCUT2D eigenvalue weighted by Gasteiger charge is -2.18. The molecule has 1 aromatic rings. The molecule has 1 fully saturated rings. The molecule has 0 radical (unpaired) electrons. The van der Waals surface area contributed by atoms with E-state index in [4.69, 9.17) is 9.47 Å². The fourth-order valence-corrected chi connectivity index (χ4v) is 2.39. The summed E-state index contributed by atoms with van der Waals surface area (Å²) in [5, 5.41) is 9.54. The fourth-order valence-electron chi connectivity index (χ4n) is 2.39. The third-order valence-electron chi connectivity index (χ3n) is 3.48. The van der Waals surface area contributed by atoms with Gasteiger partial charge in [0.05, 0.1) is 20.3 Å². The first-order valence-corrected chi connectivity index (χ1v) is 6.26. The van der Waals surface area contributed by atoms with E-state index >= 15 is 0 Å². The van der Waals surface area contributed by atoms with Crippen LogP contribution >= 0.6 is 0 Å². The molecule has 0 aliphatic carbocycles. The maximum Gasteiger partial charge on any atom is 0.161 e. The molecule has 1 N–H and O–H groups in total. The van der Waals surface area contributed by atoms with E-state index in [-0.39, 0.29) is 6.10 Å². The average molecular weight is 251 g/mol. The Morgan fingerprint density at radius 1 is 1.28 bits per heavy atom. The van der Waals surface area contributed by atoms with Crippen molar-refractivity contribution >= 4 is 0 Å². The van der Waals surface area contributed by atoms with Crippen molar-refractivity contribution in [3.63, 3.8) is 0 Å². The first kappa shape index (κ1) is 13.2. The average Bonchev–Trinajstić information content (AvgIpc) is 2.77. The highest BCUT2D eigenvalue weighted by molar-refractivity contribution is 5.47. The summed E-state index contributed by atoms with van der Waals surface area (Å²) in [4.78, 5) is 2.26. The van der Waals surface area contributed by atoms with Gasteiger partial charge in [0.25, 0.3) is 0 Å². The molecule has 1 aromatic carbocycles. The standard InChI is InChI=1S/C14H21NO3/c1-10-6-13(17-2)14(18-3)7-11(10)8-15-5-4-12(16)9-15/h6-7,12,16H,4-5,8-9H2,1-3H3. The molecule has 0 amide bonds. The summed E-state index contributed by atoms with van der Waals surface area (Å²) >= 11 is 0. The summed E-state index contributed by atoms with van der Waals surface area (Å²) in [5.74, 6) is 1.53. The van der Waals surface area contributed by atoms with Crippen LogP contribution < -0.4 is 9.47 Å². The number of β-amino-alcohol motifs (C(OH)–C–C–N with tert-alkyl or cyclic N) is 1. The quantitative estimate of drug-likeness (QED) is 0.882. The smallest absolute Gasteiger partial charge is 0.161 e. The molecule has 2 rings (SSSR count). The van der Waals surface area contributed by atoms with Gasteiger partial charge >= 0.3 is 0 Å². The second-order valence-corrected chi connectivity index (χ2v) is 4.81. The van der Waals surface area contributed by atoms with Gasteiger partial charge in [0.1, 0.15) is 0 Å². The van der Waals surface area contributed by atoms with Crippen LogP contribution in [0.3, 0.4) is 0 Å². The largest absolute Gasteiger partial charge is 0.493 e. The number of aryl methyl sites for hydroxylation is 1. The molecule has 1 atom stereocenters. The van der Waals surface area contributed by atoms with E-state index in [1.807, 2.05) is 12.1 Å². The number of ether oxygens (including phenoxy) is 2. The minimum Gasteiger partial charge on any atom is -0.493 e.